The number of nitrogens with zero attached hydrogens (tertiary/aromatic N) is 5. The molecule has 3 heterocycles. The van der Waals surface area contributed by atoms with Crippen molar-refractivity contribution in [3.8, 4) is 0 Å². The van der Waals surface area contributed by atoms with Crippen molar-refractivity contribution in [2.45, 2.75) is 64.0 Å². The number of fused-ring (bicyclic) bond motifs is 1. The molecule has 1 aliphatic heterocycles. The minimum atomic E-state index is -5.08. The first-order valence-electron chi connectivity index (χ1n) is 12.4. The van der Waals surface area contributed by atoms with Gasteiger partial charge in [-0.15, -0.1) is 5.10 Å². The van der Waals surface area contributed by atoms with Crippen molar-refractivity contribution in [2.24, 2.45) is 11.8 Å². The number of carboxylic acids is 2. The number of hydrogen-bond acceptors (Lipinski definition) is 7. The van der Waals surface area contributed by atoms with E-state index in [1.807, 2.05) is 19.3 Å². The Bertz CT molecular complexity index is 1120. The Morgan fingerprint density at radius 3 is 2.00 bits per heavy atom. The number of carboxylic acid groups (broad SMARTS) is 2. The van der Waals surface area contributed by atoms with Crippen LogP contribution in [0.4, 0.5) is 32.2 Å². The molecule has 0 bridgehead atoms. The van der Waals surface area contributed by atoms with Gasteiger partial charge in [0.2, 0.25) is 0 Å². The molecule has 0 saturated heterocycles. The lowest BCUT2D eigenvalue weighted by molar-refractivity contribution is -0.193. The summed E-state index contributed by atoms with van der Waals surface area (Å²) in [5.41, 5.74) is 3.52. The number of halogens is 6. The molecular weight excluding hydrogens is 552 g/mol. The number of carbonyl (C=O) groups is 2. The highest BCUT2D eigenvalue weighted by atomic mass is 19.4. The molecule has 1 unspecified atom stereocenters. The Labute approximate surface area is 225 Å². The van der Waals surface area contributed by atoms with E-state index in [4.69, 9.17) is 29.5 Å². The summed E-state index contributed by atoms with van der Waals surface area (Å²) in [6.45, 7) is 6.50. The third-order valence-electron chi connectivity index (χ3n) is 6.24. The monoisotopic (exact) mass is 581 g/mol. The molecule has 5 rings (SSSR count). The molecule has 1 atom stereocenters. The number of aryl methyl sites for hydroxylation is 1. The maximum Gasteiger partial charge on any atom is 0.490 e. The first-order chi connectivity index (χ1) is 18.6. The molecular formula is C24H29F6N5O5. The van der Waals surface area contributed by atoms with Crippen LogP contribution in [0.2, 0.25) is 0 Å². The van der Waals surface area contributed by atoms with E-state index < -0.39 is 24.3 Å². The van der Waals surface area contributed by atoms with E-state index in [-0.39, 0.29) is 0 Å². The van der Waals surface area contributed by atoms with Crippen LogP contribution >= 0.6 is 0 Å². The average molecular weight is 582 g/mol. The van der Waals surface area contributed by atoms with E-state index in [0.29, 0.717) is 5.92 Å². The fourth-order valence-corrected chi connectivity index (χ4v) is 3.88. The first kappa shape index (κ1) is 31.1. The minimum absolute atomic E-state index is 0.349. The second-order valence-electron chi connectivity index (χ2n) is 9.87. The topological polar surface area (TPSA) is 131 Å². The predicted molar refractivity (Wildman–Crippen MR) is 126 cm³/mol. The number of rotatable bonds is 7. The molecule has 2 aromatic rings. The maximum absolute atomic E-state index is 10.6. The molecule has 0 aromatic carbocycles. The SMILES string of the molecule is Cc1ccc(N2Cc3ncn(CC4CC4)c3C(COCC3CC3)C2)nn1.O=C(O)C(F)(F)F.O=C(O)C(F)(F)F. The van der Waals surface area contributed by atoms with Gasteiger partial charge in [0.15, 0.2) is 5.82 Å². The number of hydrogen-bond donors (Lipinski definition) is 2. The lowest BCUT2D eigenvalue weighted by Crippen LogP contribution is -2.37. The second-order valence-corrected chi connectivity index (χ2v) is 9.87. The summed E-state index contributed by atoms with van der Waals surface area (Å²) in [5, 5.41) is 22.9. The summed E-state index contributed by atoms with van der Waals surface area (Å²) in [7, 11) is 0. The van der Waals surface area contributed by atoms with Gasteiger partial charge in [0.05, 0.1) is 30.9 Å². The summed E-state index contributed by atoms with van der Waals surface area (Å²) in [5.74, 6) is -2.58. The number of alkyl halides is 6. The highest BCUT2D eigenvalue weighted by Crippen LogP contribution is 2.36. The van der Waals surface area contributed by atoms with Crippen LogP contribution in [-0.2, 0) is 27.4 Å². The molecule has 3 aliphatic rings. The zero-order valence-electron chi connectivity index (χ0n) is 21.5. The molecule has 0 spiro atoms. The van der Waals surface area contributed by atoms with Gasteiger partial charge in [-0.3, -0.25) is 0 Å². The van der Waals surface area contributed by atoms with Crippen LogP contribution in [0.1, 0.15) is 48.7 Å². The Morgan fingerprint density at radius 1 is 0.950 bits per heavy atom. The Morgan fingerprint density at radius 2 is 1.52 bits per heavy atom. The molecule has 222 valence electrons. The normalized spacial score (nSPS) is 18.6. The average Bonchev–Trinajstić information content (AvgIpc) is 3.79. The Kier molecular flexibility index (Phi) is 9.97. The summed E-state index contributed by atoms with van der Waals surface area (Å²) in [6, 6.07) is 4.10. The van der Waals surface area contributed by atoms with Crippen molar-refractivity contribution in [3.05, 3.63) is 35.5 Å². The molecule has 16 heteroatoms. The smallest absolute Gasteiger partial charge is 0.475 e. The van der Waals surface area contributed by atoms with Gasteiger partial charge in [-0.05, 0) is 56.6 Å². The molecule has 0 amide bonds. The third-order valence-corrected chi connectivity index (χ3v) is 6.24. The summed E-state index contributed by atoms with van der Waals surface area (Å²) in [4.78, 5) is 24.8. The molecule has 10 nitrogen and oxygen atoms in total. The fraction of sp³-hybridized carbons (Fsp3) is 0.625. The minimum Gasteiger partial charge on any atom is -0.475 e. The molecule has 2 N–H and O–H groups in total. The lowest BCUT2D eigenvalue weighted by atomic mass is 9.98. The quantitative estimate of drug-likeness (QED) is 0.462. The van der Waals surface area contributed by atoms with Gasteiger partial charge >= 0.3 is 24.3 Å². The van der Waals surface area contributed by atoms with Gasteiger partial charge in [-0.1, -0.05) is 0 Å². The first-order valence-corrected chi connectivity index (χ1v) is 12.4. The van der Waals surface area contributed by atoms with E-state index in [2.05, 4.69) is 25.7 Å². The van der Waals surface area contributed by atoms with Crippen LogP contribution in [0.25, 0.3) is 0 Å². The van der Waals surface area contributed by atoms with Crippen LogP contribution in [-0.4, -0.2) is 74.0 Å². The van der Waals surface area contributed by atoms with Crippen molar-refractivity contribution in [2.75, 3.05) is 24.7 Å². The second kappa shape index (κ2) is 12.8. The Balaban J connectivity index is 0.000000263. The lowest BCUT2D eigenvalue weighted by Gasteiger charge is -2.33. The van der Waals surface area contributed by atoms with Crippen LogP contribution in [0.15, 0.2) is 18.5 Å². The zero-order chi connectivity index (χ0) is 29.7. The molecule has 2 aromatic heterocycles. The number of ether oxygens (including phenoxy) is 1. The van der Waals surface area contributed by atoms with E-state index in [1.54, 1.807) is 0 Å². The van der Waals surface area contributed by atoms with Crippen molar-refractivity contribution in [1.29, 1.82) is 0 Å². The molecule has 0 radical (unpaired) electrons. The van der Waals surface area contributed by atoms with E-state index >= 15 is 0 Å². The number of imidazole rings is 1. The number of aliphatic carboxylic acids is 2. The number of aromatic nitrogens is 4. The van der Waals surface area contributed by atoms with Crippen LogP contribution < -0.4 is 4.90 Å². The van der Waals surface area contributed by atoms with Crippen molar-refractivity contribution >= 4 is 17.8 Å². The van der Waals surface area contributed by atoms with Gasteiger partial charge < -0.3 is 24.4 Å². The van der Waals surface area contributed by atoms with E-state index in [9.17, 15) is 26.3 Å². The van der Waals surface area contributed by atoms with Gasteiger partial charge in [-0.2, -0.15) is 31.4 Å². The summed E-state index contributed by atoms with van der Waals surface area (Å²) in [6.07, 6.45) is -2.73. The standard InChI is InChI=1S/C20H27N5O.2C2HF3O2/c1-14-2-7-19(23-22-14)24-9-17(12-26-11-16-5-6-16)20-18(10-24)21-13-25(20)8-15-3-4-15;2*3-2(4,5)1(6)7/h2,7,13,15-17H,3-6,8-12H2,1H3;2*(H,6,7). The summed E-state index contributed by atoms with van der Waals surface area (Å²) < 4.78 is 72.0. The van der Waals surface area contributed by atoms with Crippen LogP contribution in [0.3, 0.4) is 0 Å². The third kappa shape index (κ3) is 9.64. The fourth-order valence-electron chi connectivity index (χ4n) is 3.88. The molecule has 2 saturated carbocycles. The van der Waals surface area contributed by atoms with Gasteiger partial charge in [0.25, 0.3) is 0 Å². The largest absolute Gasteiger partial charge is 0.490 e. The molecule has 40 heavy (non-hydrogen) atoms. The van der Waals surface area contributed by atoms with Gasteiger partial charge in [0.1, 0.15) is 0 Å². The molecule has 2 fully saturated rings. The maximum atomic E-state index is 10.6. The van der Waals surface area contributed by atoms with Crippen molar-refractivity contribution in [3.63, 3.8) is 0 Å². The van der Waals surface area contributed by atoms with Crippen LogP contribution in [0.5, 0.6) is 0 Å². The van der Waals surface area contributed by atoms with Crippen molar-refractivity contribution in [1.82, 2.24) is 19.7 Å². The summed E-state index contributed by atoms with van der Waals surface area (Å²) >= 11 is 0. The van der Waals surface area contributed by atoms with Gasteiger partial charge in [0, 0.05) is 31.3 Å². The number of anilines is 1. The van der Waals surface area contributed by atoms with E-state index in [0.717, 1.165) is 56.2 Å². The zero-order valence-corrected chi connectivity index (χ0v) is 21.5. The highest BCUT2D eigenvalue weighted by Gasteiger charge is 2.39. The highest BCUT2D eigenvalue weighted by molar-refractivity contribution is 5.73. The predicted octanol–water partition coefficient (Wildman–Crippen LogP) is 4.19. The van der Waals surface area contributed by atoms with Crippen LogP contribution in [0, 0.1) is 18.8 Å². The van der Waals surface area contributed by atoms with Crippen molar-refractivity contribution < 1.29 is 50.9 Å². The Hall–Kier alpha value is -3.43. The van der Waals surface area contributed by atoms with E-state index in [1.165, 1.54) is 37.1 Å². The van der Waals surface area contributed by atoms with Gasteiger partial charge in [-0.25, -0.2) is 14.6 Å². The molecule has 2 aliphatic carbocycles.